The van der Waals surface area contributed by atoms with E-state index >= 15 is 0 Å². The Labute approximate surface area is 153 Å². The standard InChI is InChI=1S/C15H11N3.C3H4O2.Ru/c1-3-9-16-13(7-1)12-6-5-11-18-15(12)14-8-2-4-10-17-14;1-2-4-5-3-1;/h1-11H;1-2H,3H2;. The van der Waals surface area contributed by atoms with Crippen LogP contribution in [0.5, 0.6) is 0 Å². The molecule has 0 radical (unpaired) electrons. The Kier molecular flexibility index (Phi) is 7.21. The second-order valence-electron chi connectivity index (χ2n) is 4.58. The fourth-order valence-electron chi connectivity index (χ4n) is 2.04. The summed E-state index contributed by atoms with van der Waals surface area (Å²) in [5.41, 5.74) is 3.62. The van der Waals surface area contributed by atoms with Crippen molar-refractivity contribution >= 4 is 0 Å². The third-order valence-corrected chi connectivity index (χ3v) is 3.04. The van der Waals surface area contributed by atoms with Crippen LogP contribution in [0.25, 0.3) is 22.6 Å². The average Bonchev–Trinajstić information content (AvgIpc) is 3.23. The molecule has 3 aromatic rings. The number of nitrogens with zero attached hydrogens (tertiary/aromatic N) is 3. The predicted octanol–water partition coefficient (Wildman–Crippen LogP) is 3.67. The van der Waals surface area contributed by atoms with Gasteiger partial charge in [0, 0.05) is 43.6 Å². The summed E-state index contributed by atoms with van der Waals surface area (Å²) in [4.78, 5) is 21.7. The zero-order valence-electron chi connectivity index (χ0n) is 12.7. The van der Waals surface area contributed by atoms with Gasteiger partial charge in [0.2, 0.25) is 0 Å². The van der Waals surface area contributed by atoms with Gasteiger partial charge >= 0.3 is 0 Å². The summed E-state index contributed by atoms with van der Waals surface area (Å²) < 4.78 is 0. The Balaban J connectivity index is 0.000000300. The normalized spacial score (nSPS) is 11.7. The number of hydrogen-bond donors (Lipinski definition) is 0. The first-order valence-corrected chi connectivity index (χ1v) is 7.16. The number of pyridine rings is 3. The van der Waals surface area contributed by atoms with Crippen LogP contribution in [0.4, 0.5) is 0 Å². The minimum Gasteiger partial charge on any atom is -0.345 e. The minimum atomic E-state index is 0. The molecule has 0 bridgehead atoms. The Hall–Kier alpha value is -2.43. The van der Waals surface area contributed by atoms with Gasteiger partial charge in [-0.2, -0.15) is 4.89 Å². The number of aromatic nitrogens is 3. The fourth-order valence-corrected chi connectivity index (χ4v) is 2.04. The van der Waals surface area contributed by atoms with Gasteiger partial charge < -0.3 is 4.89 Å². The van der Waals surface area contributed by atoms with Gasteiger partial charge in [-0.25, -0.2) is 0 Å². The molecule has 4 heterocycles. The molecule has 1 aliphatic rings. The summed E-state index contributed by atoms with van der Waals surface area (Å²) in [6.45, 7) is 0.597. The van der Waals surface area contributed by atoms with Crippen LogP contribution < -0.4 is 0 Å². The third-order valence-electron chi connectivity index (χ3n) is 3.04. The van der Waals surface area contributed by atoms with Crippen LogP contribution in [0.1, 0.15) is 0 Å². The third kappa shape index (κ3) is 4.78. The topological polar surface area (TPSA) is 57.1 Å². The van der Waals surface area contributed by atoms with Crippen LogP contribution in [-0.4, -0.2) is 21.6 Å². The molecule has 1 aliphatic heterocycles. The van der Waals surface area contributed by atoms with Gasteiger partial charge in [0.05, 0.1) is 17.1 Å². The van der Waals surface area contributed by atoms with Crippen molar-refractivity contribution < 1.29 is 29.3 Å². The summed E-state index contributed by atoms with van der Waals surface area (Å²) in [7, 11) is 0. The molecule has 3 aromatic heterocycles. The maximum Gasteiger partial charge on any atom is 0.128 e. The van der Waals surface area contributed by atoms with Gasteiger partial charge in [-0.3, -0.25) is 15.0 Å². The van der Waals surface area contributed by atoms with Crippen molar-refractivity contribution in [1.82, 2.24) is 15.0 Å². The number of rotatable bonds is 2. The first-order valence-electron chi connectivity index (χ1n) is 7.16. The molecule has 0 saturated heterocycles. The molecule has 4 rings (SSSR count). The molecular formula is C18H15N3O2Ru. The molecule has 0 fully saturated rings. The van der Waals surface area contributed by atoms with Crippen LogP contribution in [0.15, 0.2) is 79.5 Å². The fraction of sp³-hybridized carbons (Fsp3) is 0.0556. The Morgan fingerprint density at radius 3 is 2.00 bits per heavy atom. The summed E-state index contributed by atoms with van der Waals surface area (Å²) in [6.07, 6.45) is 8.63. The van der Waals surface area contributed by atoms with Crippen molar-refractivity contribution in [2.24, 2.45) is 0 Å². The molecule has 0 N–H and O–H groups in total. The van der Waals surface area contributed by atoms with E-state index in [1.807, 2.05) is 48.5 Å². The van der Waals surface area contributed by atoms with Crippen molar-refractivity contribution in [3.05, 3.63) is 79.5 Å². The Morgan fingerprint density at radius 1 is 0.750 bits per heavy atom. The molecule has 5 nitrogen and oxygen atoms in total. The summed E-state index contributed by atoms with van der Waals surface area (Å²) >= 11 is 0. The summed E-state index contributed by atoms with van der Waals surface area (Å²) in [5, 5.41) is 0. The summed E-state index contributed by atoms with van der Waals surface area (Å²) in [5.74, 6) is 0. The molecule has 0 unspecified atom stereocenters. The van der Waals surface area contributed by atoms with Gasteiger partial charge in [0.15, 0.2) is 0 Å². The predicted molar refractivity (Wildman–Crippen MR) is 86.9 cm³/mol. The van der Waals surface area contributed by atoms with Gasteiger partial charge in [-0.1, -0.05) is 12.1 Å². The Morgan fingerprint density at radius 2 is 1.46 bits per heavy atom. The molecule has 0 amide bonds. The van der Waals surface area contributed by atoms with E-state index in [-0.39, 0.29) is 19.5 Å². The monoisotopic (exact) mass is 407 g/mol. The van der Waals surface area contributed by atoms with E-state index in [1.165, 1.54) is 6.26 Å². The molecule has 0 aliphatic carbocycles. The molecule has 24 heavy (non-hydrogen) atoms. The zero-order chi connectivity index (χ0) is 15.7. The van der Waals surface area contributed by atoms with E-state index in [1.54, 1.807) is 24.7 Å². The number of hydrogen-bond acceptors (Lipinski definition) is 5. The second kappa shape index (κ2) is 9.65. The van der Waals surface area contributed by atoms with Crippen LogP contribution in [0, 0.1) is 0 Å². The van der Waals surface area contributed by atoms with Crippen molar-refractivity contribution in [3.63, 3.8) is 0 Å². The minimum absolute atomic E-state index is 0. The van der Waals surface area contributed by atoms with E-state index in [2.05, 4.69) is 24.7 Å². The average molecular weight is 406 g/mol. The smallest absolute Gasteiger partial charge is 0.128 e. The van der Waals surface area contributed by atoms with Gasteiger partial charge in [0.1, 0.15) is 12.9 Å². The van der Waals surface area contributed by atoms with Crippen molar-refractivity contribution in [2.45, 2.75) is 0 Å². The molecule has 6 heteroatoms. The maximum absolute atomic E-state index is 4.42. The van der Waals surface area contributed by atoms with Crippen molar-refractivity contribution in [3.8, 4) is 22.6 Å². The van der Waals surface area contributed by atoms with E-state index in [4.69, 9.17) is 0 Å². The SMILES string of the molecule is C1=COOC1.[Ru].c1ccc(-c2cccnc2-c2ccccn2)nc1. The van der Waals surface area contributed by atoms with Crippen LogP contribution in [-0.2, 0) is 29.3 Å². The molecule has 0 spiro atoms. The van der Waals surface area contributed by atoms with E-state index in [0.29, 0.717) is 6.61 Å². The first kappa shape index (κ1) is 17.9. The van der Waals surface area contributed by atoms with Crippen molar-refractivity contribution in [2.75, 3.05) is 6.61 Å². The van der Waals surface area contributed by atoms with Crippen LogP contribution >= 0.6 is 0 Å². The molecule has 0 aromatic carbocycles. The van der Waals surface area contributed by atoms with Gasteiger partial charge in [-0.15, -0.1) is 0 Å². The molecule has 0 saturated carbocycles. The van der Waals surface area contributed by atoms with Gasteiger partial charge in [-0.05, 0) is 42.5 Å². The van der Waals surface area contributed by atoms with E-state index < -0.39 is 0 Å². The van der Waals surface area contributed by atoms with Gasteiger partial charge in [0.25, 0.3) is 0 Å². The maximum atomic E-state index is 4.42. The first-order chi connectivity index (χ1) is 11.4. The summed E-state index contributed by atoms with van der Waals surface area (Å²) in [6, 6.07) is 15.6. The van der Waals surface area contributed by atoms with E-state index in [9.17, 15) is 0 Å². The second-order valence-corrected chi connectivity index (χ2v) is 4.58. The Bertz CT molecular complexity index is 703. The van der Waals surface area contributed by atoms with E-state index in [0.717, 1.165) is 22.6 Å². The van der Waals surface area contributed by atoms with Crippen LogP contribution in [0.2, 0.25) is 0 Å². The molecular weight excluding hydrogens is 391 g/mol. The largest absolute Gasteiger partial charge is 0.345 e. The molecule has 122 valence electrons. The van der Waals surface area contributed by atoms with Crippen LogP contribution in [0.3, 0.4) is 0 Å². The molecule has 0 atom stereocenters. The van der Waals surface area contributed by atoms with Crippen molar-refractivity contribution in [1.29, 1.82) is 0 Å². The quantitative estimate of drug-likeness (QED) is 0.480. The zero-order valence-corrected chi connectivity index (χ0v) is 14.5.